The lowest BCUT2D eigenvalue weighted by molar-refractivity contribution is -0.132. The van der Waals surface area contributed by atoms with E-state index in [2.05, 4.69) is 0 Å². The average Bonchev–Trinajstić information content (AvgIpc) is 2.17. The number of benzene rings is 1. The van der Waals surface area contributed by atoms with Gasteiger partial charge in [0.05, 0.1) is 0 Å². The van der Waals surface area contributed by atoms with Gasteiger partial charge in [0.2, 0.25) is 0 Å². The standard InChI is InChI=1S/C12H12O3/c1-7-10-5-3-9(13)6-8(10)2-4-11(7)12(14)15/h3,5-6,13H,2,4H2,1H3,(H,14,15). The third-order valence-electron chi connectivity index (χ3n) is 2.85. The van der Waals surface area contributed by atoms with Crippen LogP contribution in [0.15, 0.2) is 23.8 Å². The SMILES string of the molecule is CC1=C(C(=O)O)CCc2cc(O)ccc21. The number of phenolic OH excluding ortho intramolecular Hbond substituents is 1. The zero-order valence-corrected chi connectivity index (χ0v) is 8.45. The molecule has 78 valence electrons. The molecule has 0 fully saturated rings. The zero-order valence-electron chi connectivity index (χ0n) is 8.45. The van der Waals surface area contributed by atoms with E-state index in [-0.39, 0.29) is 5.75 Å². The number of hydrogen-bond acceptors (Lipinski definition) is 2. The van der Waals surface area contributed by atoms with Gasteiger partial charge in [0.25, 0.3) is 0 Å². The molecule has 0 amide bonds. The summed E-state index contributed by atoms with van der Waals surface area (Å²) < 4.78 is 0. The molecule has 0 spiro atoms. The molecular formula is C12H12O3. The third-order valence-corrected chi connectivity index (χ3v) is 2.85. The van der Waals surface area contributed by atoms with Crippen molar-refractivity contribution in [3.8, 4) is 5.75 Å². The molecule has 0 radical (unpaired) electrons. The maximum absolute atomic E-state index is 10.9. The summed E-state index contributed by atoms with van der Waals surface area (Å²) >= 11 is 0. The van der Waals surface area contributed by atoms with Gasteiger partial charge in [-0.2, -0.15) is 0 Å². The Hall–Kier alpha value is -1.77. The van der Waals surface area contributed by atoms with Gasteiger partial charge >= 0.3 is 5.97 Å². The monoisotopic (exact) mass is 204 g/mol. The number of allylic oxidation sites excluding steroid dienone is 1. The van der Waals surface area contributed by atoms with Gasteiger partial charge in [0.1, 0.15) is 5.75 Å². The first kappa shape index (κ1) is 9.77. The molecule has 0 saturated heterocycles. The van der Waals surface area contributed by atoms with Gasteiger partial charge < -0.3 is 10.2 Å². The smallest absolute Gasteiger partial charge is 0.331 e. The van der Waals surface area contributed by atoms with Gasteiger partial charge in [-0.25, -0.2) is 4.79 Å². The van der Waals surface area contributed by atoms with E-state index >= 15 is 0 Å². The van der Waals surface area contributed by atoms with Crippen molar-refractivity contribution < 1.29 is 15.0 Å². The first-order valence-corrected chi connectivity index (χ1v) is 4.85. The molecular weight excluding hydrogens is 192 g/mol. The Morgan fingerprint density at radius 2 is 2.07 bits per heavy atom. The normalized spacial score (nSPS) is 15.0. The second-order valence-electron chi connectivity index (χ2n) is 3.75. The molecule has 0 aromatic heterocycles. The number of aromatic hydroxyl groups is 1. The lowest BCUT2D eigenvalue weighted by Crippen LogP contribution is -2.10. The lowest BCUT2D eigenvalue weighted by atomic mass is 9.86. The van der Waals surface area contributed by atoms with Crippen LogP contribution < -0.4 is 0 Å². The van der Waals surface area contributed by atoms with Crippen molar-refractivity contribution in [3.05, 3.63) is 34.9 Å². The molecule has 0 heterocycles. The van der Waals surface area contributed by atoms with Crippen LogP contribution in [0.5, 0.6) is 5.75 Å². The summed E-state index contributed by atoms with van der Waals surface area (Å²) in [6.07, 6.45) is 1.22. The van der Waals surface area contributed by atoms with E-state index < -0.39 is 5.97 Å². The zero-order chi connectivity index (χ0) is 11.0. The summed E-state index contributed by atoms with van der Waals surface area (Å²) in [5.74, 6) is -0.605. The van der Waals surface area contributed by atoms with Crippen LogP contribution in [-0.2, 0) is 11.2 Å². The highest BCUT2D eigenvalue weighted by molar-refractivity contribution is 5.97. The predicted molar refractivity (Wildman–Crippen MR) is 56.7 cm³/mol. The topological polar surface area (TPSA) is 57.5 Å². The van der Waals surface area contributed by atoms with Crippen molar-refractivity contribution in [2.45, 2.75) is 19.8 Å². The van der Waals surface area contributed by atoms with Crippen LogP contribution >= 0.6 is 0 Å². The first-order valence-electron chi connectivity index (χ1n) is 4.85. The Bertz CT molecular complexity index is 458. The summed E-state index contributed by atoms with van der Waals surface area (Å²) in [7, 11) is 0. The highest BCUT2D eigenvalue weighted by Crippen LogP contribution is 2.32. The molecule has 0 atom stereocenters. The van der Waals surface area contributed by atoms with Crippen LogP contribution in [0.3, 0.4) is 0 Å². The van der Waals surface area contributed by atoms with Crippen molar-refractivity contribution in [2.24, 2.45) is 0 Å². The minimum absolute atomic E-state index is 0.236. The van der Waals surface area contributed by atoms with E-state index in [1.807, 2.05) is 6.92 Å². The van der Waals surface area contributed by atoms with Crippen molar-refractivity contribution in [1.82, 2.24) is 0 Å². The summed E-state index contributed by atoms with van der Waals surface area (Å²) in [6.45, 7) is 1.82. The van der Waals surface area contributed by atoms with Crippen LogP contribution in [0.1, 0.15) is 24.5 Å². The number of phenols is 1. The Morgan fingerprint density at radius 3 is 2.73 bits per heavy atom. The van der Waals surface area contributed by atoms with Crippen LogP contribution in [0.2, 0.25) is 0 Å². The lowest BCUT2D eigenvalue weighted by Gasteiger charge is -2.18. The van der Waals surface area contributed by atoms with E-state index in [4.69, 9.17) is 5.11 Å². The highest BCUT2D eigenvalue weighted by Gasteiger charge is 2.20. The summed E-state index contributed by atoms with van der Waals surface area (Å²) in [6, 6.07) is 5.08. The van der Waals surface area contributed by atoms with Crippen molar-refractivity contribution >= 4 is 11.5 Å². The Morgan fingerprint density at radius 1 is 1.33 bits per heavy atom. The van der Waals surface area contributed by atoms with Gasteiger partial charge in [-0.3, -0.25) is 0 Å². The number of carboxylic acid groups (broad SMARTS) is 1. The number of carbonyl (C=O) groups is 1. The number of aryl methyl sites for hydroxylation is 1. The molecule has 3 heteroatoms. The van der Waals surface area contributed by atoms with Gasteiger partial charge in [0.15, 0.2) is 0 Å². The number of rotatable bonds is 1. The molecule has 0 unspecified atom stereocenters. The van der Waals surface area contributed by atoms with Crippen LogP contribution in [-0.4, -0.2) is 16.2 Å². The maximum atomic E-state index is 10.9. The first-order chi connectivity index (χ1) is 7.09. The molecule has 0 saturated carbocycles. The second-order valence-corrected chi connectivity index (χ2v) is 3.75. The largest absolute Gasteiger partial charge is 0.508 e. The van der Waals surface area contributed by atoms with Gasteiger partial charge in [-0.1, -0.05) is 6.07 Å². The van der Waals surface area contributed by atoms with E-state index in [0.717, 1.165) is 16.7 Å². The highest BCUT2D eigenvalue weighted by atomic mass is 16.4. The molecule has 0 bridgehead atoms. The number of hydrogen-bond donors (Lipinski definition) is 2. The summed E-state index contributed by atoms with van der Waals surface area (Å²) in [5.41, 5.74) is 3.26. The van der Waals surface area contributed by atoms with E-state index in [9.17, 15) is 9.90 Å². The molecule has 1 aliphatic carbocycles. The maximum Gasteiger partial charge on any atom is 0.331 e. The molecule has 1 aromatic carbocycles. The van der Waals surface area contributed by atoms with Crippen molar-refractivity contribution in [2.75, 3.05) is 0 Å². The van der Waals surface area contributed by atoms with Gasteiger partial charge in [-0.15, -0.1) is 0 Å². The van der Waals surface area contributed by atoms with Crippen LogP contribution in [0.25, 0.3) is 5.57 Å². The number of carboxylic acids is 1. The Labute approximate surface area is 87.7 Å². The van der Waals surface area contributed by atoms with Gasteiger partial charge in [0, 0.05) is 5.57 Å². The third kappa shape index (κ3) is 1.61. The minimum atomic E-state index is -0.841. The van der Waals surface area contributed by atoms with Gasteiger partial charge in [-0.05, 0) is 48.6 Å². The average molecular weight is 204 g/mol. The molecule has 0 aliphatic heterocycles. The fraction of sp³-hybridized carbons (Fsp3) is 0.250. The molecule has 15 heavy (non-hydrogen) atoms. The molecule has 2 rings (SSSR count). The Balaban J connectivity index is 2.57. The van der Waals surface area contributed by atoms with Crippen LogP contribution in [0, 0.1) is 0 Å². The van der Waals surface area contributed by atoms with Crippen molar-refractivity contribution in [1.29, 1.82) is 0 Å². The van der Waals surface area contributed by atoms with Crippen molar-refractivity contribution in [3.63, 3.8) is 0 Å². The minimum Gasteiger partial charge on any atom is -0.508 e. The van der Waals surface area contributed by atoms with E-state index in [1.54, 1.807) is 18.2 Å². The number of fused-ring (bicyclic) bond motifs is 1. The fourth-order valence-corrected chi connectivity index (χ4v) is 2.03. The molecule has 1 aliphatic rings. The fourth-order valence-electron chi connectivity index (χ4n) is 2.03. The van der Waals surface area contributed by atoms with E-state index in [1.165, 1.54) is 0 Å². The molecule has 1 aromatic rings. The van der Waals surface area contributed by atoms with E-state index in [0.29, 0.717) is 18.4 Å². The summed E-state index contributed by atoms with van der Waals surface area (Å²) in [5, 5.41) is 18.3. The molecule has 2 N–H and O–H groups in total. The quantitative estimate of drug-likeness (QED) is 0.737. The predicted octanol–water partition coefficient (Wildman–Crippen LogP) is 2.20. The molecule has 3 nitrogen and oxygen atoms in total. The summed E-state index contributed by atoms with van der Waals surface area (Å²) in [4.78, 5) is 10.9. The van der Waals surface area contributed by atoms with Crippen LogP contribution in [0.4, 0.5) is 0 Å². The Kier molecular flexibility index (Phi) is 2.23. The second kappa shape index (κ2) is 3.42. The number of aliphatic carboxylic acids is 1.